The van der Waals surface area contributed by atoms with Crippen molar-refractivity contribution in [3.05, 3.63) is 235 Å². The summed E-state index contributed by atoms with van der Waals surface area (Å²) in [6.07, 6.45) is 0. The van der Waals surface area contributed by atoms with Crippen LogP contribution in [0.2, 0.25) is 0 Å². The van der Waals surface area contributed by atoms with E-state index in [9.17, 15) is 0 Å². The monoisotopic (exact) mass is 985 g/mol. The average Bonchev–Trinajstić information content (AvgIpc) is 4.06. The zero-order valence-electron chi connectivity index (χ0n) is 44.0. The van der Waals surface area contributed by atoms with E-state index in [4.69, 9.17) is 4.74 Å². The molecule has 0 amide bonds. The molecule has 364 valence electrons. The molecule has 0 fully saturated rings. The lowest BCUT2D eigenvalue weighted by molar-refractivity contribution is 0.485. The Hall–Kier alpha value is -8.38. The van der Waals surface area contributed by atoms with Gasteiger partial charge in [-0.25, -0.2) is 0 Å². The number of fused-ring (bicyclic) bond motifs is 11. The first-order chi connectivity index (χ1) is 36.3. The van der Waals surface area contributed by atoms with Crippen molar-refractivity contribution in [1.82, 2.24) is 13.7 Å². The molecule has 3 aromatic heterocycles. The fourth-order valence-corrected chi connectivity index (χ4v) is 17.7. The van der Waals surface area contributed by atoms with Crippen molar-refractivity contribution in [2.24, 2.45) is 0 Å². The number of aryl methyl sites for hydroxylation is 2. The molecule has 13 aromatic rings. The van der Waals surface area contributed by atoms with Gasteiger partial charge in [0.25, 0.3) is 0 Å². The zero-order valence-corrected chi connectivity index (χ0v) is 45.0. The highest BCUT2D eigenvalue weighted by Gasteiger charge is 2.48. The summed E-state index contributed by atoms with van der Waals surface area (Å²) in [6, 6.07) is 80.3. The minimum absolute atomic E-state index is 0.00346. The van der Waals surface area contributed by atoms with E-state index in [1.165, 1.54) is 97.4 Å². The maximum Gasteiger partial charge on any atom is 0.188 e. The molecule has 0 atom stereocenters. The summed E-state index contributed by atoms with van der Waals surface area (Å²) in [4.78, 5) is 0. The lowest BCUT2D eigenvalue weighted by Crippen LogP contribution is -2.76. The lowest BCUT2D eigenvalue weighted by atomic mass is 9.85. The van der Waals surface area contributed by atoms with Crippen LogP contribution in [0.4, 0.5) is 0 Å². The molecule has 0 aliphatic carbocycles. The van der Waals surface area contributed by atoms with Gasteiger partial charge in [0.05, 0.1) is 38.8 Å². The topological polar surface area (TPSA) is 24.0 Å². The summed E-state index contributed by atoms with van der Waals surface area (Å²) in [5.41, 5.74) is 15.5. The first-order valence-corrected chi connectivity index (χ1v) is 28.5. The Morgan fingerprint density at radius 2 is 0.747 bits per heavy atom. The summed E-state index contributed by atoms with van der Waals surface area (Å²) in [7, 11) is -2.94. The van der Waals surface area contributed by atoms with E-state index in [1.54, 1.807) is 0 Å². The predicted molar refractivity (Wildman–Crippen MR) is 320 cm³/mol. The van der Waals surface area contributed by atoms with E-state index in [0.29, 0.717) is 0 Å². The Morgan fingerprint density at radius 1 is 0.347 bits per heavy atom. The molecule has 75 heavy (non-hydrogen) atoms. The molecule has 1 aliphatic heterocycles. The Bertz CT molecular complexity index is 4310. The third-order valence-corrected chi connectivity index (χ3v) is 21.2. The number of benzene rings is 10. The van der Waals surface area contributed by atoms with Gasteiger partial charge >= 0.3 is 0 Å². The van der Waals surface area contributed by atoms with Crippen LogP contribution in [0.5, 0.6) is 11.5 Å². The van der Waals surface area contributed by atoms with Crippen molar-refractivity contribution in [2.45, 2.75) is 66.2 Å². The number of hydrogen-bond donors (Lipinski definition) is 0. The van der Waals surface area contributed by atoms with Crippen molar-refractivity contribution in [3.63, 3.8) is 0 Å². The van der Waals surface area contributed by atoms with Gasteiger partial charge in [0.15, 0.2) is 13.8 Å². The molecule has 0 unspecified atom stereocenters. The molecule has 5 heteroatoms. The zero-order chi connectivity index (χ0) is 51.1. The molecule has 14 rings (SSSR count). The second-order valence-corrected chi connectivity index (χ2v) is 26.9. The number of aromatic nitrogens is 3. The van der Waals surface area contributed by atoms with Crippen molar-refractivity contribution in [2.75, 3.05) is 0 Å². The van der Waals surface area contributed by atoms with Gasteiger partial charge in [-0.3, -0.25) is 0 Å². The standard InChI is InChI=1S/C70H59N3OSi/c1-44-26-32-58-52(38-44)53-39-45(2)27-33-59(53)71(58)48-30-36-62-56(42-48)57-43-49(72-60-34-28-46(69(3,4)5)40-54(60)55-41-47(70(6,7)8)29-35-61(55)72)31-37-63(57)73(62)64-22-17-25-67-68(64)74-65-23-15-16-24-66(65)75(67,50-18-11-9-12-19-50)51-20-13-10-14-21-51/h9-43H,1-8H3. The van der Waals surface area contributed by atoms with Crippen LogP contribution in [0, 0.1) is 13.8 Å². The second-order valence-electron chi connectivity index (χ2n) is 23.1. The number of para-hydroxylation sites is 2. The van der Waals surface area contributed by atoms with Gasteiger partial charge in [0, 0.05) is 43.7 Å². The highest BCUT2D eigenvalue weighted by Crippen LogP contribution is 2.44. The fraction of sp³-hybridized carbons (Fsp3) is 0.143. The van der Waals surface area contributed by atoms with Crippen LogP contribution in [0.15, 0.2) is 212 Å². The minimum Gasteiger partial charge on any atom is -0.455 e. The Kier molecular flexibility index (Phi) is 9.84. The van der Waals surface area contributed by atoms with E-state index in [1.807, 2.05) is 0 Å². The van der Waals surface area contributed by atoms with Crippen LogP contribution in [-0.2, 0) is 10.8 Å². The van der Waals surface area contributed by atoms with Crippen LogP contribution in [0.1, 0.15) is 63.8 Å². The Morgan fingerprint density at radius 3 is 1.24 bits per heavy atom. The van der Waals surface area contributed by atoms with Crippen molar-refractivity contribution in [1.29, 1.82) is 0 Å². The summed E-state index contributed by atoms with van der Waals surface area (Å²) in [5, 5.41) is 12.6. The predicted octanol–water partition coefficient (Wildman–Crippen LogP) is 15.7. The fourth-order valence-electron chi connectivity index (χ4n) is 12.7. The van der Waals surface area contributed by atoms with Crippen molar-refractivity contribution < 1.29 is 4.74 Å². The molecule has 1 aliphatic rings. The van der Waals surface area contributed by atoms with Gasteiger partial charge in [-0.05, 0) is 154 Å². The molecule has 4 nitrogen and oxygen atoms in total. The van der Waals surface area contributed by atoms with Crippen LogP contribution in [0.3, 0.4) is 0 Å². The van der Waals surface area contributed by atoms with E-state index in [0.717, 1.165) is 39.6 Å². The van der Waals surface area contributed by atoms with Gasteiger partial charge in [-0.2, -0.15) is 0 Å². The van der Waals surface area contributed by atoms with Gasteiger partial charge in [0.2, 0.25) is 0 Å². The molecular formula is C70H59N3OSi. The van der Waals surface area contributed by atoms with Crippen LogP contribution >= 0.6 is 0 Å². The van der Waals surface area contributed by atoms with Gasteiger partial charge in [0.1, 0.15) is 5.75 Å². The normalized spacial score (nSPS) is 13.5. The Labute approximate surface area is 439 Å². The van der Waals surface area contributed by atoms with Crippen LogP contribution < -0.4 is 25.5 Å². The molecule has 0 radical (unpaired) electrons. The first-order valence-electron chi connectivity index (χ1n) is 26.5. The summed E-state index contributed by atoms with van der Waals surface area (Å²) >= 11 is 0. The SMILES string of the molecule is Cc1ccc2c(c1)c1cc(C)ccc1n2-c1ccc2c(c1)c1cc(-n3c4ccc(C(C)(C)C)cc4c4cc(C(C)(C)C)ccc43)ccc1n2-c1cccc2c1Oc1ccccc1[Si]2(c1ccccc1)c1ccccc1. The maximum atomic E-state index is 7.38. The third-order valence-electron chi connectivity index (χ3n) is 16.4. The highest BCUT2D eigenvalue weighted by atomic mass is 28.3. The highest BCUT2D eigenvalue weighted by molar-refractivity contribution is 7.20. The number of rotatable bonds is 5. The quantitative estimate of drug-likeness (QED) is 0.158. The molecule has 10 aromatic carbocycles. The second kappa shape index (κ2) is 16.3. The van der Waals surface area contributed by atoms with Crippen LogP contribution in [-0.4, -0.2) is 21.8 Å². The third kappa shape index (κ3) is 6.73. The smallest absolute Gasteiger partial charge is 0.188 e. The first kappa shape index (κ1) is 45.2. The molecular weight excluding hydrogens is 927 g/mol. The van der Waals surface area contributed by atoms with Crippen molar-refractivity contribution >= 4 is 94.2 Å². The number of ether oxygens (including phenoxy) is 1. The largest absolute Gasteiger partial charge is 0.455 e. The lowest BCUT2D eigenvalue weighted by Gasteiger charge is -2.40. The number of nitrogens with zero attached hydrogens (tertiary/aromatic N) is 3. The summed E-state index contributed by atoms with van der Waals surface area (Å²) in [6.45, 7) is 18.3. The molecule has 0 spiro atoms. The van der Waals surface area contributed by atoms with Crippen molar-refractivity contribution in [3.8, 4) is 28.6 Å². The average molecular weight is 986 g/mol. The maximum absolute atomic E-state index is 7.38. The van der Waals surface area contributed by atoms with E-state index >= 15 is 0 Å². The van der Waals surface area contributed by atoms with Gasteiger partial charge < -0.3 is 18.4 Å². The molecule has 0 bridgehead atoms. The molecule has 0 saturated carbocycles. The molecule has 0 saturated heterocycles. The van der Waals surface area contributed by atoms with Gasteiger partial charge in [-0.15, -0.1) is 0 Å². The molecule has 0 N–H and O–H groups in total. The summed E-state index contributed by atoms with van der Waals surface area (Å²) in [5.74, 6) is 1.82. The van der Waals surface area contributed by atoms with E-state index in [-0.39, 0.29) is 10.8 Å². The number of hydrogen-bond acceptors (Lipinski definition) is 1. The molecule has 4 heterocycles. The summed E-state index contributed by atoms with van der Waals surface area (Å²) < 4.78 is 14.8. The van der Waals surface area contributed by atoms with E-state index in [2.05, 4.69) is 281 Å². The Balaban J connectivity index is 1.08. The van der Waals surface area contributed by atoms with Gasteiger partial charge in [-0.1, -0.05) is 168 Å². The minimum atomic E-state index is -2.94. The van der Waals surface area contributed by atoms with Crippen LogP contribution in [0.25, 0.3) is 82.5 Å². The van der Waals surface area contributed by atoms with E-state index < -0.39 is 8.07 Å².